The van der Waals surface area contributed by atoms with Gasteiger partial charge in [-0.1, -0.05) is 71.9 Å². The second-order valence-corrected chi connectivity index (χ2v) is 14.5. The molecule has 0 aromatic heterocycles. The van der Waals surface area contributed by atoms with Crippen LogP contribution in [0, 0.1) is 0 Å². The molecule has 2 rings (SSSR count). The average molecular weight is 473 g/mol. The maximum Gasteiger partial charge on any atom is 0.258 e. The summed E-state index contributed by atoms with van der Waals surface area (Å²) in [6.07, 6.45) is 4.13. The first-order valence-electron chi connectivity index (χ1n) is 11.6. The molecule has 0 saturated carbocycles. The zero-order chi connectivity index (χ0) is 24.4. The van der Waals surface area contributed by atoms with E-state index in [1.807, 2.05) is 36.4 Å². The molecule has 0 radical (unpaired) electrons. The number of hydrogen-bond acceptors (Lipinski definition) is 5. The van der Waals surface area contributed by atoms with Crippen LogP contribution in [0.15, 0.2) is 42.5 Å². The van der Waals surface area contributed by atoms with Gasteiger partial charge in [0.25, 0.3) is 8.32 Å². The predicted octanol–water partition coefficient (Wildman–Crippen LogP) is 7.38. The summed E-state index contributed by atoms with van der Waals surface area (Å²) in [6.45, 7) is 14.2. The molecule has 0 saturated heterocycles. The highest BCUT2D eigenvalue weighted by Gasteiger charge is 2.47. The van der Waals surface area contributed by atoms with Gasteiger partial charge >= 0.3 is 0 Å². The lowest BCUT2D eigenvalue weighted by Crippen LogP contribution is -2.50. The van der Waals surface area contributed by atoms with Gasteiger partial charge in [-0.25, -0.2) is 0 Å². The third-order valence-corrected chi connectivity index (χ3v) is 11.9. The van der Waals surface area contributed by atoms with Gasteiger partial charge in [-0.05, 0) is 40.4 Å². The quantitative estimate of drug-likeness (QED) is 0.173. The molecule has 0 N–H and O–H groups in total. The highest BCUT2D eigenvalue weighted by atomic mass is 28.4. The summed E-state index contributed by atoms with van der Waals surface area (Å²) in [5.74, 6) is 2.28. The van der Waals surface area contributed by atoms with Crippen molar-refractivity contribution in [2.75, 3.05) is 27.8 Å². The molecule has 6 heteroatoms. The topological polar surface area (TPSA) is 46.2 Å². The zero-order valence-electron chi connectivity index (χ0n) is 21.4. The smallest absolute Gasteiger partial charge is 0.258 e. The Morgan fingerprint density at radius 2 is 1.24 bits per heavy atom. The van der Waals surface area contributed by atoms with Crippen LogP contribution in [0.3, 0.4) is 0 Å². The van der Waals surface area contributed by atoms with E-state index in [0.717, 1.165) is 16.9 Å². The molecule has 2 aromatic rings. The number of hydrogen-bond donors (Lipinski definition) is 0. The van der Waals surface area contributed by atoms with Crippen molar-refractivity contribution in [3.8, 4) is 17.2 Å². The van der Waals surface area contributed by atoms with Crippen molar-refractivity contribution in [2.45, 2.75) is 58.2 Å². The summed E-state index contributed by atoms with van der Waals surface area (Å²) in [5.41, 5.74) is 3.52. The van der Waals surface area contributed by atoms with Gasteiger partial charge in [0, 0.05) is 25.8 Å². The second kappa shape index (κ2) is 12.8. The Kier molecular flexibility index (Phi) is 10.5. The monoisotopic (exact) mass is 472 g/mol. The lowest BCUT2D eigenvalue weighted by atomic mass is 10.1. The highest BCUT2D eigenvalue weighted by molar-refractivity contribution is 6.78. The summed E-state index contributed by atoms with van der Waals surface area (Å²) in [7, 11) is 1.13. The Balaban J connectivity index is 2.39. The van der Waals surface area contributed by atoms with Crippen LogP contribution in [0.5, 0.6) is 17.2 Å². The molecule has 0 bridgehead atoms. The first-order valence-corrected chi connectivity index (χ1v) is 13.7. The third-order valence-electron chi connectivity index (χ3n) is 5.96. The van der Waals surface area contributed by atoms with E-state index in [9.17, 15) is 0 Å². The molecule has 0 aliphatic heterocycles. The number of para-hydroxylation sites is 1. The van der Waals surface area contributed by atoms with E-state index in [4.69, 9.17) is 23.4 Å². The summed E-state index contributed by atoms with van der Waals surface area (Å²) in [5, 5.41) is 0. The molecule has 5 nitrogen and oxygen atoms in total. The molecule has 0 fully saturated rings. The molecular weight excluding hydrogens is 432 g/mol. The number of benzene rings is 2. The molecule has 0 aliphatic rings. The van der Waals surface area contributed by atoms with Gasteiger partial charge in [-0.3, -0.25) is 0 Å². The first-order chi connectivity index (χ1) is 15.7. The van der Waals surface area contributed by atoms with Crippen LogP contribution in [-0.4, -0.2) is 36.1 Å². The van der Waals surface area contributed by atoms with Gasteiger partial charge in [0.15, 0.2) is 13.6 Å². The minimum atomic E-state index is -2.06. The van der Waals surface area contributed by atoms with Crippen LogP contribution in [0.2, 0.25) is 16.6 Å². The molecule has 0 atom stereocenters. The Labute approximate surface area is 200 Å². The van der Waals surface area contributed by atoms with Crippen LogP contribution in [-0.2, 0) is 9.47 Å². The fourth-order valence-corrected chi connectivity index (χ4v) is 9.83. The van der Waals surface area contributed by atoms with E-state index >= 15 is 0 Å². The maximum atomic E-state index is 6.96. The average Bonchev–Trinajstić information content (AvgIpc) is 2.78. The molecule has 0 unspecified atom stereocenters. The van der Waals surface area contributed by atoms with Crippen molar-refractivity contribution in [2.24, 2.45) is 0 Å². The van der Waals surface area contributed by atoms with Gasteiger partial charge < -0.3 is 23.4 Å². The molecule has 182 valence electrons. The van der Waals surface area contributed by atoms with Crippen LogP contribution in [0.4, 0.5) is 0 Å². The van der Waals surface area contributed by atoms with E-state index in [1.54, 1.807) is 14.2 Å². The Morgan fingerprint density at radius 1 is 0.727 bits per heavy atom. The van der Waals surface area contributed by atoms with Gasteiger partial charge in [0.05, 0.1) is 0 Å². The normalized spacial score (nSPS) is 12.2. The molecule has 2 aromatic carbocycles. The number of ether oxygens (including phenoxy) is 4. The SMILES string of the molecule is COCOc1cc(/C=C/c2ccccc2O[Si](C(C)C)(C(C)C)C(C)C)cc(OCOC)c1. The van der Waals surface area contributed by atoms with Crippen LogP contribution >= 0.6 is 0 Å². The fraction of sp³-hybridized carbons (Fsp3) is 0.481. The highest BCUT2D eigenvalue weighted by Crippen LogP contribution is 2.43. The van der Waals surface area contributed by atoms with Crippen LogP contribution in [0.1, 0.15) is 52.7 Å². The number of rotatable bonds is 13. The van der Waals surface area contributed by atoms with Crippen LogP contribution < -0.4 is 13.9 Å². The van der Waals surface area contributed by atoms with Crippen molar-refractivity contribution in [1.82, 2.24) is 0 Å². The lowest BCUT2D eigenvalue weighted by Gasteiger charge is -2.42. The molecule has 0 aliphatic carbocycles. The van der Waals surface area contributed by atoms with Crippen molar-refractivity contribution >= 4 is 20.5 Å². The summed E-state index contributed by atoms with van der Waals surface area (Å²) in [6, 6.07) is 14.0. The van der Waals surface area contributed by atoms with Gasteiger partial charge in [-0.2, -0.15) is 0 Å². The van der Waals surface area contributed by atoms with Gasteiger partial charge in [0.2, 0.25) is 0 Å². The predicted molar refractivity (Wildman–Crippen MR) is 138 cm³/mol. The van der Waals surface area contributed by atoms with E-state index in [-0.39, 0.29) is 13.6 Å². The Morgan fingerprint density at radius 3 is 1.73 bits per heavy atom. The third kappa shape index (κ3) is 7.10. The van der Waals surface area contributed by atoms with E-state index < -0.39 is 8.32 Å². The molecule has 0 spiro atoms. The molecular formula is C27H40O5Si. The Hall–Kier alpha value is -2.28. The summed E-state index contributed by atoms with van der Waals surface area (Å²) >= 11 is 0. The van der Waals surface area contributed by atoms with Crippen molar-refractivity contribution in [3.63, 3.8) is 0 Å². The largest absolute Gasteiger partial charge is 0.542 e. The molecule has 0 amide bonds. The van der Waals surface area contributed by atoms with Gasteiger partial charge in [0.1, 0.15) is 17.2 Å². The standard InChI is InChI=1S/C27H40O5Si/c1-20(2)33(21(3)4,22(5)6)32-27-12-10-9-11-24(27)14-13-23-15-25(30-18-28-7)17-26(16-23)31-19-29-8/h9-17,20-22H,18-19H2,1-8H3/b14-13+. The zero-order valence-corrected chi connectivity index (χ0v) is 22.4. The minimum Gasteiger partial charge on any atom is -0.542 e. The second-order valence-electron chi connectivity index (χ2n) is 9.13. The van der Waals surface area contributed by atoms with E-state index in [0.29, 0.717) is 28.1 Å². The van der Waals surface area contributed by atoms with E-state index in [1.165, 1.54) is 0 Å². The van der Waals surface area contributed by atoms with Crippen LogP contribution in [0.25, 0.3) is 12.2 Å². The van der Waals surface area contributed by atoms with Crippen molar-refractivity contribution < 1.29 is 23.4 Å². The summed E-state index contributed by atoms with van der Waals surface area (Å²) in [4.78, 5) is 0. The Bertz CT molecular complexity index is 844. The minimum absolute atomic E-state index is 0.167. The number of methoxy groups -OCH3 is 2. The first kappa shape index (κ1) is 27.0. The van der Waals surface area contributed by atoms with Gasteiger partial charge in [-0.15, -0.1) is 0 Å². The summed E-state index contributed by atoms with van der Waals surface area (Å²) < 4.78 is 28.3. The maximum absolute atomic E-state index is 6.96. The van der Waals surface area contributed by atoms with Crippen molar-refractivity contribution in [1.29, 1.82) is 0 Å². The van der Waals surface area contributed by atoms with E-state index in [2.05, 4.69) is 59.8 Å². The molecule has 0 heterocycles. The fourth-order valence-electron chi connectivity index (χ4n) is 4.55. The van der Waals surface area contributed by atoms with Crippen molar-refractivity contribution in [3.05, 3.63) is 53.6 Å². The lowest BCUT2D eigenvalue weighted by molar-refractivity contribution is 0.0460. The molecule has 33 heavy (non-hydrogen) atoms.